The SMILES string of the molecule is CNc1nc(OCC2CCOCC2)nc(-n2cncn2)n1. The number of aromatic nitrogens is 6. The zero-order chi connectivity index (χ0) is 14.5. The van der Waals surface area contributed by atoms with E-state index >= 15 is 0 Å². The lowest BCUT2D eigenvalue weighted by atomic mass is 10.0. The highest BCUT2D eigenvalue weighted by molar-refractivity contribution is 5.28. The van der Waals surface area contributed by atoms with Crippen molar-refractivity contribution in [2.75, 3.05) is 32.2 Å². The summed E-state index contributed by atoms with van der Waals surface area (Å²) in [5.41, 5.74) is 0. The summed E-state index contributed by atoms with van der Waals surface area (Å²) in [5.74, 6) is 1.27. The second-order valence-electron chi connectivity index (χ2n) is 4.70. The van der Waals surface area contributed by atoms with Gasteiger partial charge in [-0.25, -0.2) is 4.98 Å². The van der Waals surface area contributed by atoms with Gasteiger partial charge >= 0.3 is 6.01 Å². The predicted octanol–water partition coefficient (Wildman–Crippen LogP) is 0.299. The van der Waals surface area contributed by atoms with E-state index in [9.17, 15) is 0 Å². The van der Waals surface area contributed by atoms with Gasteiger partial charge < -0.3 is 14.8 Å². The van der Waals surface area contributed by atoms with Crippen molar-refractivity contribution in [3.63, 3.8) is 0 Å². The van der Waals surface area contributed by atoms with Crippen molar-refractivity contribution >= 4 is 5.95 Å². The number of nitrogens with zero attached hydrogens (tertiary/aromatic N) is 6. The minimum atomic E-state index is 0.284. The van der Waals surface area contributed by atoms with Gasteiger partial charge in [-0.2, -0.15) is 24.7 Å². The molecule has 1 N–H and O–H groups in total. The van der Waals surface area contributed by atoms with Crippen LogP contribution in [0.3, 0.4) is 0 Å². The molecule has 0 amide bonds. The molecule has 0 radical (unpaired) electrons. The summed E-state index contributed by atoms with van der Waals surface area (Å²) in [6.07, 6.45) is 4.95. The zero-order valence-corrected chi connectivity index (χ0v) is 11.8. The van der Waals surface area contributed by atoms with E-state index in [0.717, 1.165) is 26.1 Å². The lowest BCUT2D eigenvalue weighted by molar-refractivity contribution is 0.0482. The predicted molar refractivity (Wildman–Crippen MR) is 73.3 cm³/mol. The third-order valence-corrected chi connectivity index (χ3v) is 3.24. The largest absolute Gasteiger partial charge is 0.463 e. The third kappa shape index (κ3) is 3.43. The van der Waals surface area contributed by atoms with E-state index in [1.165, 1.54) is 17.3 Å². The van der Waals surface area contributed by atoms with E-state index in [0.29, 0.717) is 24.4 Å². The molecule has 3 heterocycles. The lowest BCUT2D eigenvalue weighted by Gasteiger charge is -2.21. The van der Waals surface area contributed by atoms with Crippen LogP contribution in [0.2, 0.25) is 0 Å². The molecule has 2 aromatic heterocycles. The average Bonchev–Trinajstić information content (AvgIpc) is 3.08. The molecule has 1 aliphatic heterocycles. The molecule has 1 aliphatic rings. The van der Waals surface area contributed by atoms with Gasteiger partial charge in [-0.3, -0.25) is 0 Å². The number of nitrogens with one attached hydrogen (secondary N) is 1. The van der Waals surface area contributed by atoms with E-state index in [4.69, 9.17) is 9.47 Å². The summed E-state index contributed by atoms with van der Waals surface area (Å²) in [7, 11) is 1.74. The van der Waals surface area contributed by atoms with Gasteiger partial charge in [0.25, 0.3) is 5.95 Å². The molecular weight excluding hydrogens is 274 g/mol. The minimum Gasteiger partial charge on any atom is -0.463 e. The first-order valence-electron chi connectivity index (χ1n) is 6.84. The smallest absolute Gasteiger partial charge is 0.323 e. The average molecular weight is 291 g/mol. The molecule has 0 aliphatic carbocycles. The van der Waals surface area contributed by atoms with Crippen molar-refractivity contribution in [2.24, 2.45) is 5.92 Å². The normalized spacial score (nSPS) is 15.9. The first-order valence-corrected chi connectivity index (χ1v) is 6.84. The van der Waals surface area contributed by atoms with Gasteiger partial charge in [0.05, 0.1) is 6.61 Å². The molecule has 0 atom stereocenters. The van der Waals surface area contributed by atoms with Gasteiger partial charge in [-0.1, -0.05) is 0 Å². The molecule has 0 saturated carbocycles. The van der Waals surface area contributed by atoms with Crippen molar-refractivity contribution in [2.45, 2.75) is 12.8 Å². The summed E-state index contributed by atoms with van der Waals surface area (Å²) in [6.45, 7) is 2.15. The molecule has 112 valence electrons. The highest BCUT2D eigenvalue weighted by Crippen LogP contribution is 2.17. The third-order valence-electron chi connectivity index (χ3n) is 3.24. The van der Waals surface area contributed by atoms with Crippen molar-refractivity contribution in [1.29, 1.82) is 0 Å². The molecule has 0 bridgehead atoms. The van der Waals surface area contributed by atoms with E-state index in [2.05, 4.69) is 30.4 Å². The molecular formula is C12H17N7O2. The Morgan fingerprint density at radius 2 is 2.19 bits per heavy atom. The zero-order valence-electron chi connectivity index (χ0n) is 11.8. The fourth-order valence-electron chi connectivity index (χ4n) is 2.04. The van der Waals surface area contributed by atoms with Gasteiger partial charge in [0.2, 0.25) is 5.95 Å². The topological polar surface area (TPSA) is 99.9 Å². The summed E-state index contributed by atoms with van der Waals surface area (Å²) in [4.78, 5) is 16.5. The summed E-state index contributed by atoms with van der Waals surface area (Å²) in [6, 6.07) is 0.284. The van der Waals surface area contributed by atoms with Crippen molar-refractivity contribution in [3.05, 3.63) is 12.7 Å². The van der Waals surface area contributed by atoms with Crippen LogP contribution < -0.4 is 10.1 Å². The second kappa shape index (κ2) is 6.44. The molecule has 2 aromatic rings. The van der Waals surface area contributed by atoms with Crippen molar-refractivity contribution in [1.82, 2.24) is 29.7 Å². The maximum atomic E-state index is 5.71. The quantitative estimate of drug-likeness (QED) is 0.839. The van der Waals surface area contributed by atoms with Gasteiger partial charge in [0.15, 0.2) is 0 Å². The highest BCUT2D eigenvalue weighted by Gasteiger charge is 2.16. The number of rotatable bonds is 5. The van der Waals surface area contributed by atoms with Crippen LogP contribution in [0, 0.1) is 5.92 Å². The fraction of sp³-hybridized carbons (Fsp3) is 0.583. The summed E-state index contributed by atoms with van der Waals surface area (Å²) < 4.78 is 12.5. The first kappa shape index (κ1) is 13.7. The maximum Gasteiger partial charge on any atom is 0.323 e. The molecule has 1 saturated heterocycles. The molecule has 9 heteroatoms. The van der Waals surface area contributed by atoms with Crippen LogP contribution in [-0.4, -0.2) is 56.6 Å². The van der Waals surface area contributed by atoms with E-state index in [-0.39, 0.29) is 6.01 Å². The van der Waals surface area contributed by atoms with E-state index in [1.807, 2.05) is 0 Å². The van der Waals surface area contributed by atoms with Crippen LogP contribution >= 0.6 is 0 Å². The van der Waals surface area contributed by atoms with Gasteiger partial charge in [0, 0.05) is 20.3 Å². The summed E-state index contributed by atoms with van der Waals surface area (Å²) in [5, 5.41) is 6.89. The Balaban J connectivity index is 1.73. The Bertz CT molecular complexity index is 569. The maximum absolute atomic E-state index is 5.71. The molecule has 0 aromatic carbocycles. The van der Waals surface area contributed by atoms with Crippen LogP contribution in [0.5, 0.6) is 6.01 Å². The Morgan fingerprint density at radius 3 is 2.90 bits per heavy atom. The van der Waals surface area contributed by atoms with Crippen LogP contribution in [0.25, 0.3) is 5.95 Å². The molecule has 0 unspecified atom stereocenters. The Hall–Kier alpha value is -2.29. The summed E-state index contributed by atoms with van der Waals surface area (Å²) >= 11 is 0. The van der Waals surface area contributed by atoms with Gasteiger partial charge in [-0.05, 0) is 18.8 Å². The van der Waals surface area contributed by atoms with Gasteiger partial charge in [-0.15, -0.1) is 0 Å². The molecule has 3 rings (SSSR count). The van der Waals surface area contributed by atoms with E-state index in [1.54, 1.807) is 7.05 Å². The molecule has 0 spiro atoms. The van der Waals surface area contributed by atoms with Crippen LogP contribution in [-0.2, 0) is 4.74 Å². The minimum absolute atomic E-state index is 0.284. The Kier molecular flexibility index (Phi) is 4.20. The van der Waals surface area contributed by atoms with Crippen molar-refractivity contribution in [3.8, 4) is 12.0 Å². The molecule has 21 heavy (non-hydrogen) atoms. The van der Waals surface area contributed by atoms with Crippen LogP contribution in [0.15, 0.2) is 12.7 Å². The highest BCUT2D eigenvalue weighted by atomic mass is 16.5. The Labute approximate surface area is 121 Å². The molecule has 9 nitrogen and oxygen atoms in total. The number of hydrogen-bond donors (Lipinski definition) is 1. The standard InChI is InChI=1S/C12H17N7O2/c1-13-10-16-11(19-8-14-7-15-19)18-12(17-10)21-6-9-2-4-20-5-3-9/h7-9H,2-6H2,1H3,(H,13,16,17,18). The number of hydrogen-bond acceptors (Lipinski definition) is 8. The Morgan fingerprint density at radius 1 is 1.33 bits per heavy atom. The fourth-order valence-corrected chi connectivity index (χ4v) is 2.04. The second-order valence-corrected chi connectivity index (χ2v) is 4.70. The van der Waals surface area contributed by atoms with Crippen LogP contribution in [0.4, 0.5) is 5.95 Å². The lowest BCUT2D eigenvalue weighted by Crippen LogP contribution is -2.22. The van der Waals surface area contributed by atoms with Gasteiger partial charge in [0.1, 0.15) is 12.7 Å². The molecule has 1 fully saturated rings. The van der Waals surface area contributed by atoms with E-state index < -0.39 is 0 Å². The monoisotopic (exact) mass is 291 g/mol. The number of ether oxygens (including phenoxy) is 2. The first-order chi connectivity index (χ1) is 10.3. The van der Waals surface area contributed by atoms with Crippen molar-refractivity contribution < 1.29 is 9.47 Å². The number of anilines is 1. The van der Waals surface area contributed by atoms with Crippen LogP contribution in [0.1, 0.15) is 12.8 Å².